The third kappa shape index (κ3) is 6.06. The van der Waals surface area contributed by atoms with Gasteiger partial charge in [-0.15, -0.1) is 0 Å². The van der Waals surface area contributed by atoms with Gasteiger partial charge in [0.15, 0.2) is 0 Å². The molecule has 2 aromatic rings. The summed E-state index contributed by atoms with van der Waals surface area (Å²) in [6.07, 6.45) is 5.19. The van der Waals surface area contributed by atoms with Gasteiger partial charge in [0.1, 0.15) is 18.1 Å². The van der Waals surface area contributed by atoms with Crippen molar-refractivity contribution in [3.8, 4) is 11.5 Å². The third-order valence-corrected chi connectivity index (χ3v) is 6.80. The molecule has 6 heteroatoms. The summed E-state index contributed by atoms with van der Waals surface area (Å²) in [5.41, 5.74) is 1.93. The second kappa shape index (κ2) is 11.5. The first-order chi connectivity index (χ1) is 16.2. The van der Waals surface area contributed by atoms with E-state index in [1.54, 1.807) is 14.2 Å². The van der Waals surface area contributed by atoms with Gasteiger partial charge in [0.25, 0.3) is 5.91 Å². The Morgan fingerprint density at radius 1 is 0.970 bits per heavy atom. The summed E-state index contributed by atoms with van der Waals surface area (Å²) in [5.74, 6) is 1.72. The molecule has 2 aliphatic rings. The van der Waals surface area contributed by atoms with Gasteiger partial charge in [-0.2, -0.15) is 0 Å². The molecule has 178 valence electrons. The Morgan fingerprint density at radius 2 is 1.85 bits per heavy atom. The molecule has 33 heavy (non-hydrogen) atoms. The number of nitrogens with zero attached hydrogens (tertiary/aromatic N) is 2. The largest absolute Gasteiger partial charge is 0.497 e. The van der Waals surface area contributed by atoms with E-state index in [1.165, 1.54) is 5.56 Å². The summed E-state index contributed by atoms with van der Waals surface area (Å²) < 4.78 is 17.3. The highest BCUT2D eigenvalue weighted by molar-refractivity contribution is 5.95. The molecule has 0 aromatic heterocycles. The van der Waals surface area contributed by atoms with Crippen molar-refractivity contribution in [1.82, 2.24) is 9.80 Å². The quantitative estimate of drug-likeness (QED) is 0.689. The van der Waals surface area contributed by atoms with Crippen molar-refractivity contribution in [2.24, 2.45) is 0 Å². The van der Waals surface area contributed by atoms with Crippen LogP contribution in [-0.2, 0) is 11.3 Å². The zero-order chi connectivity index (χ0) is 23.0. The van der Waals surface area contributed by atoms with E-state index in [9.17, 15) is 4.79 Å². The monoisotopic (exact) mass is 452 g/mol. The molecule has 2 bridgehead atoms. The minimum atomic E-state index is 0.0870. The fourth-order valence-electron chi connectivity index (χ4n) is 5.06. The molecule has 0 N–H and O–H groups in total. The fraction of sp³-hybridized carbons (Fsp3) is 0.519. The number of fused-ring (bicyclic) bond motifs is 3. The topological polar surface area (TPSA) is 51.2 Å². The average Bonchev–Trinajstić information content (AvgIpc) is 2.85. The first-order valence-corrected chi connectivity index (χ1v) is 12.1. The molecule has 2 aromatic carbocycles. The molecule has 6 nitrogen and oxygen atoms in total. The van der Waals surface area contributed by atoms with Crippen molar-refractivity contribution in [2.75, 3.05) is 40.5 Å². The van der Waals surface area contributed by atoms with E-state index in [0.29, 0.717) is 12.2 Å². The lowest BCUT2D eigenvalue weighted by atomic mass is 9.93. The molecule has 0 saturated carbocycles. The van der Waals surface area contributed by atoms with E-state index in [-0.39, 0.29) is 18.1 Å². The number of hydrogen-bond donors (Lipinski definition) is 0. The molecule has 1 amide bonds. The maximum atomic E-state index is 13.4. The summed E-state index contributed by atoms with van der Waals surface area (Å²) in [6.45, 7) is 4.04. The minimum Gasteiger partial charge on any atom is -0.497 e. The van der Waals surface area contributed by atoms with Crippen LogP contribution in [0, 0.1) is 0 Å². The maximum Gasteiger partial charge on any atom is 0.254 e. The molecule has 0 unspecified atom stereocenters. The lowest BCUT2D eigenvalue weighted by Gasteiger charge is -2.41. The predicted molar refractivity (Wildman–Crippen MR) is 129 cm³/mol. The van der Waals surface area contributed by atoms with E-state index >= 15 is 0 Å². The highest BCUT2D eigenvalue weighted by atomic mass is 16.5. The van der Waals surface area contributed by atoms with Crippen LogP contribution in [0.15, 0.2) is 48.5 Å². The normalized spacial score (nSPS) is 22.7. The smallest absolute Gasteiger partial charge is 0.254 e. The van der Waals surface area contributed by atoms with Crippen LogP contribution in [0.1, 0.15) is 48.0 Å². The predicted octanol–water partition coefficient (Wildman–Crippen LogP) is 4.38. The lowest BCUT2D eigenvalue weighted by Crippen LogP contribution is -2.51. The zero-order valence-corrected chi connectivity index (χ0v) is 19.9. The summed E-state index contributed by atoms with van der Waals surface area (Å²) in [4.78, 5) is 17.9. The number of ether oxygens (including phenoxy) is 3. The van der Waals surface area contributed by atoms with E-state index in [1.807, 2.05) is 41.3 Å². The molecule has 2 aliphatic heterocycles. The Balaban J connectivity index is 1.53. The zero-order valence-electron chi connectivity index (χ0n) is 19.9. The van der Waals surface area contributed by atoms with Crippen LogP contribution in [0.4, 0.5) is 0 Å². The number of methoxy groups -OCH3 is 2. The van der Waals surface area contributed by atoms with Crippen LogP contribution in [0.3, 0.4) is 0 Å². The Hall–Kier alpha value is -2.57. The Labute approximate surface area is 197 Å². The standard InChI is InChI=1S/C27H36N2O4/c1-31-23-10-5-8-21(18-23)20-28-14-4-3-12-25-26(32-2)13-7-15-29(25)27(30)22-9-6-11-24(19-22)33-17-16-28/h5-6,8-11,18-19,25-26H,3-4,7,12-17,20H2,1-2H3/t25-,26-/m1/s1. The van der Waals surface area contributed by atoms with Crippen molar-refractivity contribution in [1.29, 1.82) is 0 Å². The summed E-state index contributed by atoms with van der Waals surface area (Å²) >= 11 is 0. The molecule has 0 spiro atoms. The molecule has 0 aliphatic carbocycles. The van der Waals surface area contributed by atoms with Crippen LogP contribution in [0.5, 0.6) is 11.5 Å². The molecule has 2 atom stereocenters. The van der Waals surface area contributed by atoms with Gasteiger partial charge in [-0.05, 0) is 68.1 Å². The molecule has 2 heterocycles. The van der Waals surface area contributed by atoms with Crippen molar-refractivity contribution in [3.05, 3.63) is 59.7 Å². The number of amides is 1. The van der Waals surface area contributed by atoms with Gasteiger partial charge in [0.05, 0.1) is 19.3 Å². The van der Waals surface area contributed by atoms with Crippen LogP contribution >= 0.6 is 0 Å². The van der Waals surface area contributed by atoms with Gasteiger partial charge in [-0.1, -0.05) is 24.6 Å². The van der Waals surface area contributed by atoms with Gasteiger partial charge < -0.3 is 19.1 Å². The number of hydrogen-bond acceptors (Lipinski definition) is 5. The van der Waals surface area contributed by atoms with Crippen LogP contribution in [-0.4, -0.2) is 68.3 Å². The van der Waals surface area contributed by atoms with Crippen molar-refractivity contribution >= 4 is 5.91 Å². The fourth-order valence-corrected chi connectivity index (χ4v) is 5.06. The Bertz CT molecular complexity index is 918. The molecular weight excluding hydrogens is 416 g/mol. The number of piperidine rings is 1. The average molecular weight is 453 g/mol. The van der Waals surface area contributed by atoms with Crippen LogP contribution in [0.25, 0.3) is 0 Å². The number of carbonyl (C=O) groups is 1. The lowest BCUT2D eigenvalue weighted by molar-refractivity contribution is -0.0156. The van der Waals surface area contributed by atoms with E-state index in [0.717, 1.165) is 69.8 Å². The summed E-state index contributed by atoms with van der Waals surface area (Å²) in [7, 11) is 3.48. The molecule has 1 fully saturated rings. The Morgan fingerprint density at radius 3 is 2.70 bits per heavy atom. The van der Waals surface area contributed by atoms with E-state index < -0.39 is 0 Å². The third-order valence-electron chi connectivity index (χ3n) is 6.80. The van der Waals surface area contributed by atoms with Crippen molar-refractivity contribution in [2.45, 2.75) is 50.8 Å². The molecular formula is C27H36N2O4. The van der Waals surface area contributed by atoms with Gasteiger partial charge in [-0.3, -0.25) is 9.69 Å². The SMILES string of the molecule is COc1cccc(CN2CCCC[C@@H]3[C@H](OC)CCCN3C(=O)c3cccc(c3)OCC2)c1. The Kier molecular flexibility index (Phi) is 8.24. The first-order valence-electron chi connectivity index (χ1n) is 12.1. The van der Waals surface area contributed by atoms with Crippen molar-refractivity contribution < 1.29 is 19.0 Å². The van der Waals surface area contributed by atoms with Crippen LogP contribution in [0.2, 0.25) is 0 Å². The van der Waals surface area contributed by atoms with Crippen LogP contribution < -0.4 is 9.47 Å². The first kappa shape index (κ1) is 23.6. The summed E-state index contributed by atoms with van der Waals surface area (Å²) in [5, 5.41) is 0. The van der Waals surface area contributed by atoms with E-state index in [2.05, 4.69) is 17.0 Å². The molecule has 0 radical (unpaired) electrons. The maximum absolute atomic E-state index is 13.4. The highest BCUT2D eigenvalue weighted by Crippen LogP contribution is 2.27. The minimum absolute atomic E-state index is 0.0870. The number of benzene rings is 2. The second-order valence-electron chi connectivity index (χ2n) is 8.98. The molecule has 1 saturated heterocycles. The number of carbonyl (C=O) groups excluding carboxylic acids is 1. The van der Waals surface area contributed by atoms with Crippen molar-refractivity contribution in [3.63, 3.8) is 0 Å². The molecule has 4 rings (SSSR count). The van der Waals surface area contributed by atoms with Gasteiger partial charge >= 0.3 is 0 Å². The second-order valence-corrected chi connectivity index (χ2v) is 8.98. The highest BCUT2D eigenvalue weighted by Gasteiger charge is 2.34. The summed E-state index contributed by atoms with van der Waals surface area (Å²) in [6, 6.07) is 16.0. The number of rotatable bonds is 4. The van der Waals surface area contributed by atoms with Gasteiger partial charge in [0.2, 0.25) is 0 Å². The van der Waals surface area contributed by atoms with Gasteiger partial charge in [0, 0.05) is 32.3 Å². The van der Waals surface area contributed by atoms with Gasteiger partial charge in [-0.25, -0.2) is 0 Å². The van der Waals surface area contributed by atoms with E-state index in [4.69, 9.17) is 14.2 Å².